The highest BCUT2D eigenvalue weighted by atomic mass is 15.3. The third-order valence-electron chi connectivity index (χ3n) is 3.66. The SMILES string of the molecule is CC(C)n1ccc(CN2CCc3cccc(N)c32)n1. The van der Waals surface area contributed by atoms with Gasteiger partial charge in [-0.1, -0.05) is 12.1 Å². The zero-order valence-corrected chi connectivity index (χ0v) is 11.5. The minimum Gasteiger partial charge on any atom is -0.397 e. The molecular formula is C15H20N4. The minimum absolute atomic E-state index is 0.407. The molecule has 0 radical (unpaired) electrons. The summed E-state index contributed by atoms with van der Waals surface area (Å²) in [6.07, 6.45) is 3.12. The molecule has 4 nitrogen and oxygen atoms in total. The molecule has 0 saturated carbocycles. The van der Waals surface area contributed by atoms with Gasteiger partial charge in [-0.25, -0.2) is 0 Å². The lowest BCUT2D eigenvalue weighted by atomic mass is 10.1. The Hall–Kier alpha value is -1.97. The summed E-state index contributed by atoms with van der Waals surface area (Å²) >= 11 is 0. The molecule has 1 aromatic carbocycles. The largest absolute Gasteiger partial charge is 0.397 e. The normalized spacial score (nSPS) is 14.2. The molecule has 2 heterocycles. The molecule has 2 N–H and O–H groups in total. The fourth-order valence-corrected chi connectivity index (χ4v) is 2.67. The molecule has 0 fully saturated rings. The average Bonchev–Trinajstić information content (AvgIpc) is 2.98. The molecule has 0 amide bonds. The predicted octanol–water partition coefficient (Wildman–Crippen LogP) is 2.61. The third kappa shape index (κ3) is 2.18. The van der Waals surface area contributed by atoms with Crippen molar-refractivity contribution in [3.8, 4) is 0 Å². The lowest BCUT2D eigenvalue weighted by Gasteiger charge is -2.19. The molecule has 3 rings (SSSR count). The molecule has 0 atom stereocenters. The molecule has 19 heavy (non-hydrogen) atoms. The highest BCUT2D eigenvalue weighted by molar-refractivity contribution is 5.74. The molecular weight excluding hydrogens is 236 g/mol. The zero-order valence-electron chi connectivity index (χ0n) is 11.5. The maximum absolute atomic E-state index is 6.10. The number of rotatable bonds is 3. The summed E-state index contributed by atoms with van der Waals surface area (Å²) in [5, 5.41) is 4.61. The number of hydrogen-bond donors (Lipinski definition) is 1. The van der Waals surface area contributed by atoms with Gasteiger partial charge in [0.25, 0.3) is 0 Å². The molecule has 2 aromatic rings. The van der Waals surface area contributed by atoms with Gasteiger partial charge in [-0.3, -0.25) is 4.68 Å². The van der Waals surface area contributed by atoms with E-state index >= 15 is 0 Å². The second-order valence-electron chi connectivity index (χ2n) is 5.41. The first-order valence-electron chi connectivity index (χ1n) is 6.81. The van der Waals surface area contributed by atoms with Gasteiger partial charge in [-0.15, -0.1) is 0 Å². The maximum atomic E-state index is 6.10. The van der Waals surface area contributed by atoms with Gasteiger partial charge >= 0.3 is 0 Å². The number of nitrogens with zero attached hydrogens (tertiary/aromatic N) is 3. The van der Waals surface area contributed by atoms with Crippen molar-refractivity contribution < 1.29 is 0 Å². The van der Waals surface area contributed by atoms with Crippen LogP contribution in [0.4, 0.5) is 11.4 Å². The van der Waals surface area contributed by atoms with Gasteiger partial charge in [0, 0.05) is 18.8 Å². The number of benzene rings is 1. The van der Waals surface area contributed by atoms with Crippen LogP contribution in [0, 0.1) is 0 Å². The Morgan fingerprint density at radius 2 is 2.16 bits per heavy atom. The number of aromatic nitrogens is 2. The van der Waals surface area contributed by atoms with Crippen LogP contribution in [0.3, 0.4) is 0 Å². The standard InChI is InChI=1S/C15H20N4/c1-11(2)19-9-7-13(17-19)10-18-8-6-12-4-3-5-14(16)15(12)18/h3-5,7,9,11H,6,8,10,16H2,1-2H3. The lowest BCUT2D eigenvalue weighted by Crippen LogP contribution is -2.21. The predicted molar refractivity (Wildman–Crippen MR) is 78.2 cm³/mol. The first-order valence-corrected chi connectivity index (χ1v) is 6.81. The fourth-order valence-electron chi connectivity index (χ4n) is 2.67. The molecule has 1 aromatic heterocycles. The van der Waals surface area contributed by atoms with Crippen LogP contribution in [0.2, 0.25) is 0 Å². The topological polar surface area (TPSA) is 47.1 Å². The van der Waals surface area contributed by atoms with E-state index in [1.54, 1.807) is 0 Å². The number of nitrogen functional groups attached to an aromatic ring is 1. The summed E-state index contributed by atoms with van der Waals surface area (Å²) in [5.41, 5.74) is 10.6. The monoisotopic (exact) mass is 256 g/mol. The molecule has 0 bridgehead atoms. The molecule has 1 aliphatic rings. The number of fused-ring (bicyclic) bond motifs is 1. The van der Waals surface area contributed by atoms with Gasteiger partial charge in [0.2, 0.25) is 0 Å². The van der Waals surface area contributed by atoms with Crippen molar-refractivity contribution >= 4 is 11.4 Å². The van der Waals surface area contributed by atoms with Crippen LogP contribution in [-0.2, 0) is 13.0 Å². The molecule has 0 spiro atoms. The van der Waals surface area contributed by atoms with Gasteiger partial charge < -0.3 is 10.6 Å². The first-order chi connectivity index (χ1) is 9.15. The third-order valence-corrected chi connectivity index (χ3v) is 3.66. The van der Waals surface area contributed by atoms with Crippen molar-refractivity contribution in [3.05, 3.63) is 41.7 Å². The van der Waals surface area contributed by atoms with Crippen molar-refractivity contribution in [2.24, 2.45) is 0 Å². The van der Waals surface area contributed by atoms with E-state index < -0.39 is 0 Å². The number of anilines is 2. The van der Waals surface area contributed by atoms with Crippen molar-refractivity contribution in [1.82, 2.24) is 9.78 Å². The lowest BCUT2D eigenvalue weighted by molar-refractivity contribution is 0.525. The van der Waals surface area contributed by atoms with Gasteiger partial charge in [0.05, 0.1) is 23.6 Å². The number of para-hydroxylation sites is 1. The Balaban J connectivity index is 1.82. The minimum atomic E-state index is 0.407. The smallest absolute Gasteiger partial charge is 0.0817 e. The van der Waals surface area contributed by atoms with E-state index in [-0.39, 0.29) is 0 Å². The van der Waals surface area contributed by atoms with Crippen LogP contribution < -0.4 is 10.6 Å². The average molecular weight is 256 g/mol. The first kappa shape index (κ1) is 12.1. The van der Waals surface area contributed by atoms with Gasteiger partial charge in [0.15, 0.2) is 0 Å². The zero-order chi connectivity index (χ0) is 13.4. The van der Waals surface area contributed by atoms with E-state index in [0.717, 1.165) is 30.9 Å². The van der Waals surface area contributed by atoms with Crippen LogP contribution in [0.5, 0.6) is 0 Å². The highest BCUT2D eigenvalue weighted by Gasteiger charge is 2.21. The van der Waals surface area contributed by atoms with E-state index in [9.17, 15) is 0 Å². The van der Waals surface area contributed by atoms with Crippen LogP contribution in [-0.4, -0.2) is 16.3 Å². The van der Waals surface area contributed by atoms with E-state index in [2.05, 4.69) is 36.0 Å². The summed E-state index contributed by atoms with van der Waals surface area (Å²) in [6.45, 7) is 6.14. The maximum Gasteiger partial charge on any atom is 0.0817 e. The number of hydrogen-bond acceptors (Lipinski definition) is 3. The quantitative estimate of drug-likeness (QED) is 0.859. The Kier molecular flexibility index (Phi) is 2.93. The molecule has 1 aliphatic heterocycles. The number of nitrogens with two attached hydrogens (primary N) is 1. The summed E-state index contributed by atoms with van der Waals surface area (Å²) < 4.78 is 2.00. The van der Waals surface area contributed by atoms with E-state index in [1.165, 1.54) is 11.3 Å². The summed E-state index contributed by atoms with van der Waals surface area (Å²) in [4.78, 5) is 2.33. The van der Waals surface area contributed by atoms with Crippen molar-refractivity contribution in [3.63, 3.8) is 0 Å². The Morgan fingerprint density at radius 1 is 1.32 bits per heavy atom. The van der Waals surface area contributed by atoms with Crippen LogP contribution >= 0.6 is 0 Å². The Morgan fingerprint density at radius 3 is 2.89 bits per heavy atom. The second-order valence-corrected chi connectivity index (χ2v) is 5.41. The molecule has 0 unspecified atom stereocenters. The highest BCUT2D eigenvalue weighted by Crippen LogP contribution is 2.34. The Labute approximate surface area is 113 Å². The van der Waals surface area contributed by atoms with Crippen LogP contribution in [0.25, 0.3) is 0 Å². The summed E-state index contributed by atoms with van der Waals surface area (Å²) in [7, 11) is 0. The van der Waals surface area contributed by atoms with Crippen LogP contribution in [0.1, 0.15) is 31.1 Å². The molecule has 4 heteroatoms. The fraction of sp³-hybridized carbons (Fsp3) is 0.400. The van der Waals surface area contributed by atoms with Crippen molar-refractivity contribution in [1.29, 1.82) is 0 Å². The molecule has 100 valence electrons. The van der Waals surface area contributed by atoms with E-state index in [4.69, 9.17) is 5.73 Å². The van der Waals surface area contributed by atoms with Crippen molar-refractivity contribution in [2.75, 3.05) is 17.2 Å². The summed E-state index contributed by atoms with van der Waals surface area (Å²) in [6, 6.07) is 8.68. The van der Waals surface area contributed by atoms with Gasteiger partial charge in [-0.05, 0) is 38.0 Å². The van der Waals surface area contributed by atoms with Gasteiger partial charge in [-0.2, -0.15) is 5.10 Å². The molecule has 0 aliphatic carbocycles. The molecule has 0 saturated heterocycles. The summed E-state index contributed by atoms with van der Waals surface area (Å²) in [5.74, 6) is 0. The van der Waals surface area contributed by atoms with E-state index in [0.29, 0.717) is 6.04 Å². The van der Waals surface area contributed by atoms with Gasteiger partial charge in [0.1, 0.15) is 0 Å². The van der Waals surface area contributed by atoms with E-state index in [1.807, 2.05) is 23.0 Å². The van der Waals surface area contributed by atoms with Crippen molar-refractivity contribution in [2.45, 2.75) is 32.9 Å². The second kappa shape index (κ2) is 4.61. The van der Waals surface area contributed by atoms with Crippen LogP contribution in [0.15, 0.2) is 30.5 Å². The Bertz CT molecular complexity index is 586.